The van der Waals surface area contributed by atoms with Crippen molar-refractivity contribution < 1.29 is 14.3 Å². The number of aliphatic imine (C=N–C) groups is 1. The minimum atomic E-state index is -0.679. The van der Waals surface area contributed by atoms with E-state index in [2.05, 4.69) is 56.7 Å². The van der Waals surface area contributed by atoms with Crippen LogP contribution in [-0.4, -0.2) is 60.0 Å². The molecule has 0 unspecified atom stereocenters. The molecule has 4 aromatic rings. The first kappa shape index (κ1) is 33.9. The van der Waals surface area contributed by atoms with Gasteiger partial charge in [-0.25, -0.2) is 14.8 Å². The van der Waals surface area contributed by atoms with E-state index in [0.29, 0.717) is 12.2 Å². The Bertz CT molecular complexity index is 1690. The van der Waals surface area contributed by atoms with Gasteiger partial charge in [0.25, 0.3) is 5.91 Å². The number of carbonyl (C=O) groups excluding carboxylic acids is 2. The number of hydrogen-bond acceptors (Lipinski definition) is 9. The minimum absolute atomic E-state index is 0.0642. The molecule has 2 amide bonds. The number of hydrogen-bond donors (Lipinski definition) is 5. The van der Waals surface area contributed by atoms with Crippen molar-refractivity contribution in [1.82, 2.24) is 20.2 Å². The monoisotopic (exact) mass is 645 g/mol. The van der Waals surface area contributed by atoms with Crippen molar-refractivity contribution in [2.45, 2.75) is 38.7 Å². The molecule has 0 aliphatic heterocycles. The minimum Gasteiger partial charge on any atom is -0.444 e. The number of rotatable bonds is 13. The van der Waals surface area contributed by atoms with E-state index in [9.17, 15) is 9.59 Å². The summed E-state index contributed by atoms with van der Waals surface area (Å²) in [5.74, 6) is -0.973. The molecule has 0 saturated heterocycles. The van der Waals surface area contributed by atoms with Crippen LogP contribution < -0.4 is 27.8 Å². The van der Waals surface area contributed by atoms with Crippen LogP contribution in [0.5, 0.6) is 0 Å². The molecule has 0 bridgehead atoms. The normalized spacial score (nSPS) is 11.5. The molecule has 242 valence electrons. The summed E-state index contributed by atoms with van der Waals surface area (Å²) in [6.45, 7) is 1.59. The van der Waals surface area contributed by atoms with Gasteiger partial charge in [-0.1, -0.05) is 60.1 Å². The number of nitrogen functional groups attached to an aromatic ring is 2. The molecular formula is C33H40ClN9O3. The molecule has 8 N–H and O–H groups in total. The predicted molar refractivity (Wildman–Crippen MR) is 184 cm³/mol. The second-order valence-electron chi connectivity index (χ2n) is 11.0. The van der Waals surface area contributed by atoms with Gasteiger partial charge in [-0.2, -0.15) is 0 Å². The smallest absolute Gasteiger partial charge is 0.411 e. The van der Waals surface area contributed by atoms with E-state index in [0.717, 1.165) is 55.0 Å². The lowest BCUT2D eigenvalue weighted by Gasteiger charge is -2.13. The summed E-state index contributed by atoms with van der Waals surface area (Å²) in [5.41, 5.74) is 21.0. The first-order chi connectivity index (χ1) is 22.1. The third-order valence-electron chi connectivity index (χ3n) is 7.23. The van der Waals surface area contributed by atoms with Gasteiger partial charge in [-0.15, -0.1) is 0 Å². The first-order valence-corrected chi connectivity index (χ1v) is 15.3. The third kappa shape index (κ3) is 9.78. The number of nitrogens with zero attached hydrogens (tertiary/aromatic N) is 4. The van der Waals surface area contributed by atoms with E-state index in [-0.39, 0.29) is 35.0 Å². The lowest BCUT2D eigenvalue weighted by Crippen LogP contribution is -2.38. The van der Waals surface area contributed by atoms with Crippen LogP contribution in [0.4, 0.5) is 22.1 Å². The van der Waals surface area contributed by atoms with Crippen LogP contribution in [-0.2, 0) is 24.2 Å². The van der Waals surface area contributed by atoms with Crippen LogP contribution in [0.25, 0.3) is 10.8 Å². The number of halogens is 1. The predicted octanol–water partition coefficient (Wildman–Crippen LogP) is 4.76. The van der Waals surface area contributed by atoms with Gasteiger partial charge in [0.05, 0.1) is 0 Å². The van der Waals surface area contributed by atoms with Crippen LogP contribution >= 0.6 is 11.6 Å². The highest BCUT2D eigenvalue weighted by Gasteiger charge is 2.16. The third-order valence-corrected chi connectivity index (χ3v) is 7.51. The lowest BCUT2D eigenvalue weighted by molar-refractivity contribution is 0.0972. The summed E-state index contributed by atoms with van der Waals surface area (Å²) < 4.78 is 5.57. The lowest BCUT2D eigenvalue weighted by atomic mass is 9.96. The maximum Gasteiger partial charge on any atom is 0.411 e. The molecule has 0 radical (unpaired) electrons. The molecule has 3 aromatic carbocycles. The van der Waals surface area contributed by atoms with Gasteiger partial charge >= 0.3 is 6.09 Å². The number of aryl methyl sites for hydroxylation is 2. The molecule has 4 rings (SSSR count). The highest BCUT2D eigenvalue weighted by molar-refractivity contribution is 6.31. The molecule has 1 heterocycles. The van der Waals surface area contributed by atoms with E-state index < -0.39 is 12.0 Å². The molecular weight excluding hydrogens is 606 g/mol. The average Bonchev–Trinajstić information content (AvgIpc) is 3.02. The Morgan fingerprint density at radius 2 is 1.59 bits per heavy atom. The van der Waals surface area contributed by atoms with Crippen molar-refractivity contribution in [3.05, 3.63) is 88.2 Å². The Balaban J connectivity index is 1.25. The number of aromatic nitrogens is 2. The van der Waals surface area contributed by atoms with Crippen molar-refractivity contribution in [3.8, 4) is 0 Å². The van der Waals surface area contributed by atoms with E-state index in [1.54, 1.807) is 0 Å². The summed E-state index contributed by atoms with van der Waals surface area (Å²) in [4.78, 5) is 39.0. The van der Waals surface area contributed by atoms with Gasteiger partial charge in [-0.3, -0.25) is 20.4 Å². The molecule has 0 fully saturated rings. The number of nitrogens with one attached hydrogen (secondary N) is 2. The molecule has 0 aliphatic carbocycles. The van der Waals surface area contributed by atoms with Crippen molar-refractivity contribution in [3.63, 3.8) is 0 Å². The number of carbonyl (C=O) groups is 2. The Morgan fingerprint density at radius 3 is 2.30 bits per heavy atom. The van der Waals surface area contributed by atoms with Gasteiger partial charge in [0.15, 0.2) is 28.4 Å². The topological polar surface area (TPSA) is 187 Å². The van der Waals surface area contributed by atoms with Gasteiger partial charge in [-0.05, 0) is 92.3 Å². The Kier molecular flexibility index (Phi) is 12.1. The Morgan fingerprint density at radius 1 is 0.891 bits per heavy atom. The SMILES string of the molecule is CN(C)CCCc1ccc(NC(=O)OCc2ccc(CCCCN=C(N)NC(=O)c3nc(Cl)c(N)nc3N)c3ccccc23)cc1. The number of fused-ring (bicyclic) bond motifs is 1. The van der Waals surface area contributed by atoms with Gasteiger partial charge in [0, 0.05) is 12.2 Å². The average molecular weight is 646 g/mol. The fourth-order valence-corrected chi connectivity index (χ4v) is 5.00. The maximum absolute atomic E-state index is 12.5. The number of guanidine groups is 1. The molecule has 1 aromatic heterocycles. The van der Waals surface area contributed by atoms with Crippen LogP contribution in [0.15, 0.2) is 65.7 Å². The standard InChI is InChI=1S/C33H40ClN9O3/c1-43(2)19-7-8-21-12-16-24(17-13-21)39-33(45)46-20-23-15-14-22(25-10-3-4-11-26(23)25)9-5-6-18-38-32(37)42-31(44)27-29(35)41-30(36)28(34)40-27/h3-4,10-17H,5-9,18-20H2,1-2H3,(H,39,45)(H4,35,36,41)(H3,37,38,42,44). The zero-order chi connectivity index (χ0) is 33.1. The van der Waals surface area contributed by atoms with Gasteiger partial charge in [0.1, 0.15) is 6.61 Å². The zero-order valence-electron chi connectivity index (χ0n) is 26.1. The highest BCUT2D eigenvalue weighted by Crippen LogP contribution is 2.25. The molecule has 13 heteroatoms. The Labute approximate surface area is 273 Å². The van der Waals surface area contributed by atoms with E-state index in [1.807, 2.05) is 48.5 Å². The van der Waals surface area contributed by atoms with Crippen LogP contribution in [0.2, 0.25) is 5.15 Å². The number of nitrogens with two attached hydrogens (primary N) is 3. The number of anilines is 3. The van der Waals surface area contributed by atoms with E-state index in [4.69, 9.17) is 33.5 Å². The first-order valence-electron chi connectivity index (χ1n) is 15.0. The summed E-state index contributed by atoms with van der Waals surface area (Å²) >= 11 is 5.84. The maximum atomic E-state index is 12.5. The van der Waals surface area contributed by atoms with Gasteiger partial charge < -0.3 is 26.8 Å². The molecule has 12 nitrogen and oxygen atoms in total. The largest absolute Gasteiger partial charge is 0.444 e. The van der Waals surface area contributed by atoms with E-state index >= 15 is 0 Å². The Hall–Kier alpha value is -4.94. The van der Waals surface area contributed by atoms with Crippen molar-refractivity contribution in [2.24, 2.45) is 10.7 Å². The molecule has 0 saturated carbocycles. The fraction of sp³-hybridized carbons (Fsp3) is 0.303. The number of ether oxygens (including phenoxy) is 1. The highest BCUT2D eigenvalue weighted by atomic mass is 35.5. The second-order valence-corrected chi connectivity index (χ2v) is 11.4. The number of unbranched alkanes of at least 4 members (excludes halogenated alkanes) is 1. The zero-order valence-corrected chi connectivity index (χ0v) is 26.8. The van der Waals surface area contributed by atoms with Gasteiger partial charge in [0.2, 0.25) is 0 Å². The molecule has 0 spiro atoms. The summed E-state index contributed by atoms with van der Waals surface area (Å²) in [7, 11) is 4.13. The fourth-order valence-electron chi connectivity index (χ4n) is 4.87. The van der Waals surface area contributed by atoms with Crippen LogP contribution in [0, 0.1) is 0 Å². The van der Waals surface area contributed by atoms with Crippen LogP contribution in [0.3, 0.4) is 0 Å². The summed E-state index contributed by atoms with van der Waals surface area (Å²) in [6, 6.07) is 20.0. The van der Waals surface area contributed by atoms with E-state index in [1.165, 1.54) is 11.1 Å². The molecule has 46 heavy (non-hydrogen) atoms. The molecule has 0 aliphatic rings. The summed E-state index contributed by atoms with van der Waals surface area (Å²) in [5, 5.41) is 7.25. The quantitative estimate of drug-likeness (QED) is 0.0776. The number of benzene rings is 3. The summed E-state index contributed by atoms with van der Waals surface area (Å²) in [6.07, 6.45) is 3.96. The molecule has 0 atom stereocenters. The second kappa shape index (κ2) is 16.4. The number of amides is 2. The van der Waals surface area contributed by atoms with Crippen molar-refractivity contribution in [1.29, 1.82) is 0 Å². The van der Waals surface area contributed by atoms with Crippen LogP contribution in [0.1, 0.15) is 46.4 Å². The van der Waals surface area contributed by atoms with Crippen molar-refractivity contribution in [2.75, 3.05) is 44.0 Å². The van der Waals surface area contributed by atoms with Crippen molar-refractivity contribution >= 4 is 57.7 Å².